The van der Waals surface area contributed by atoms with Crippen LogP contribution < -0.4 is 5.32 Å². The van der Waals surface area contributed by atoms with Crippen LogP contribution in [-0.2, 0) is 11.3 Å². The third-order valence-electron chi connectivity index (χ3n) is 7.46. The Morgan fingerprint density at radius 1 is 1.00 bits per heavy atom. The number of rotatable bonds is 9. The van der Waals surface area contributed by atoms with Gasteiger partial charge in [0.05, 0.1) is 29.6 Å². The van der Waals surface area contributed by atoms with E-state index in [9.17, 15) is 10.1 Å². The second kappa shape index (κ2) is 13.2. The van der Waals surface area contributed by atoms with Gasteiger partial charge in [-0.05, 0) is 48.0 Å². The number of amides is 1. The van der Waals surface area contributed by atoms with Gasteiger partial charge in [0.1, 0.15) is 21.0 Å². The number of hydrogen-bond acceptors (Lipinski definition) is 9. The molecule has 10 heteroatoms. The topological polar surface area (TPSA) is 107 Å². The minimum absolute atomic E-state index is 0.282. The third-order valence-corrected chi connectivity index (χ3v) is 8.47. The lowest BCUT2D eigenvalue weighted by Crippen LogP contribution is -2.46. The molecule has 0 saturated carbocycles. The number of thiazole rings is 1. The average Bonchev–Trinajstić information content (AvgIpc) is 3.48. The number of benzene rings is 2. The fourth-order valence-electron chi connectivity index (χ4n) is 5.15. The lowest BCUT2D eigenvalue weighted by Gasteiger charge is -2.34. The monoisotopic (exact) mass is 589 g/mol. The summed E-state index contributed by atoms with van der Waals surface area (Å²) in [5, 5.41) is 13.1. The number of para-hydroxylation sites is 1. The Morgan fingerprint density at radius 2 is 1.81 bits per heavy atom. The largest absolute Gasteiger partial charge is 0.383 e. The zero-order chi connectivity index (χ0) is 29.6. The van der Waals surface area contributed by atoms with E-state index >= 15 is 0 Å². The maximum atomic E-state index is 13.3. The van der Waals surface area contributed by atoms with Gasteiger partial charge in [-0.15, -0.1) is 0 Å². The second-order valence-electron chi connectivity index (χ2n) is 10.4. The molecule has 0 atom stereocenters. The van der Waals surface area contributed by atoms with Crippen LogP contribution >= 0.6 is 11.3 Å². The highest BCUT2D eigenvalue weighted by Crippen LogP contribution is 2.34. The Balaban J connectivity index is 1.17. The van der Waals surface area contributed by atoms with Gasteiger partial charge >= 0.3 is 0 Å². The first-order valence-corrected chi connectivity index (χ1v) is 15.0. The molecule has 3 aromatic heterocycles. The molecule has 0 aliphatic carbocycles. The third kappa shape index (κ3) is 6.77. The number of carbonyl (C=O) groups is 1. The molecule has 43 heavy (non-hydrogen) atoms. The Morgan fingerprint density at radius 3 is 2.65 bits per heavy atom. The SMILES string of the molecule is COCCN1CCN(Cc2cnc3sc(-c4ccccc4NC(=O)c4cccc(-c5cccc(C#N)c5)n4)nc3c2)CC1. The number of ether oxygens (including phenoxy) is 1. The molecule has 1 saturated heterocycles. The fraction of sp³-hybridized carbons (Fsp3) is 0.242. The molecule has 5 aromatic rings. The maximum absolute atomic E-state index is 13.3. The standard InChI is InChI=1S/C33H31N7O2S/c1-42-17-16-39-12-14-40(15-13-39)22-24-19-30-33(35-21-24)43-32(38-30)26-8-2-3-9-28(26)37-31(41)29-11-5-10-27(36-29)25-7-4-6-23(18-25)20-34/h2-11,18-19,21H,12-17,22H2,1H3,(H,37,41). The zero-order valence-corrected chi connectivity index (χ0v) is 24.7. The van der Waals surface area contributed by atoms with Crippen LogP contribution in [-0.4, -0.2) is 77.1 Å². The van der Waals surface area contributed by atoms with E-state index in [1.807, 2.05) is 42.6 Å². The molecule has 216 valence electrons. The predicted octanol–water partition coefficient (Wildman–Crippen LogP) is 5.31. The van der Waals surface area contributed by atoms with Crippen LogP contribution in [0.5, 0.6) is 0 Å². The van der Waals surface area contributed by atoms with Gasteiger partial charge in [-0.1, -0.05) is 41.7 Å². The van der Waals surface area contributed by atoms with Crippen molar-refractivity contribution in [3.63, 3.8) is 0 Å². The summed E-state index contributed by atoms with van der Waals surface area (Å²) in [6, 6.07) is 24.4. The van der Waals surface area contributed by atoms with Crippen molar-refractivity contribution in [2.45, 2.75) is 6.54 Å². The van der Waals surface area contributed by atoms with Crippen LogP contribution in [0.1, 0.15) is 21.6 Å². The van der Waals surface area contributed by atoms with E-state index in [-0.39, 0.29) is 11.6 Å². The molecule has 1 fully saturated rings. The number of hydrogen-bond donors (Lipinski definition) is 1. The molecule has 0 spiro atoms. The summed E-state index contributed by atoms with van der Waals surface area (Å²) in [5.41, 5.74) is 5.69. The highest BCUT2D eigenvalue weighted by Gasteiger charge is 2.19. The van der Waals surface area contributed by atoms with Crippen LogP contribution in [0.2, 0.25) is 0 Å². The normalized spacial score (nSPS) is 14.0. The molecule has 0 radical (unpaired) electrons. The van der Waals surface area contributed by atoms with Gasteiger partial charge in [0.15, 0.2) is 0 Å². The summed E-state index contributed by atoms with van der Waals surface area (Å²) in [6.45, 7) is 6.69. The van der Waals surface area contributed by atoms with E-state index in [0.717, 1.165) is 77.9 Å². The Kier molecular flexibility index (Phi) is 8.77. The molecule has 1 amide bonds. The molecular formula is C33H31N7O2S. The summed E-state index contributed by atoms with van der Waals surface area (Å²) >= 11 is 1.51. The minimum Gasteiger partial charge on any atom is -0.383 e. The lowest BCUT2D eigenvalue weighted by molar-refractivity contribution is 0.0938. The molecule has 2 aromatic carbocycles. The van der Waals surface area contributed by atoms with Crippen molar-refractivity contribution in [1.82, 2.24) is 24.8 Å². The van der Waals surface area contributed by atoms with Crippen molar-refractivity contribution >= 4 is 33.3 Å². The van der Waals surface area contributed by atoms with Crippen LogP contribution in [0.3, 0.4) is 0 Å². The summed E-state index contributed by atoms with van der Waals surface area (Å²) in [6.07, 6.45) is 1.94. The van der Waals surface area contributed by atoms with Gasteiger partial charge < -0.3 is 10.1 Å². The van der Waals surface area contributed by atoms with Crippen molar-refractivity contribution in [3.8, 4) is 27.9 Å². The number of carbonyl (C=O) groups excluding carboxylic acids is 1. The summed E-state index contributed by atoms with van der Waals surface area (Å²) in [7, 11) is 1.75. The number of aromatic nitrogens is 3. The Bertz CT molecular complexity index is 1790. The molecule has 1 aliphatic heterocycles. The lowest BCUT2D eigenvalue weighted by atomic mass is 10.1. The molecular weight excluding hydrogens is 558 g/mol. The van der Waals surface area contributed by atoms with E-state index in [2.05, 4.69) is 32.2 Å². The number of fused-ring (bicyclic) bond motifs is 1. The smallest absolute Gasteiger partial charge is 0.274 e. The molecule has 4 heterocycles. The minimum atomic E-state index is -0.324. The number of pyridine rings is 2. The Hall–Kier alpha value is -4.53. The van der Waals surface area contributed by atoms with Crippen LogP contribution in [0, 0.1) is 11.3 Å². The highest BCUT2D eigenvalue weighted by molar-refractivity contribution is 7.21. The number of piperazine rings is 1. The number of nitriles is 1. The van der Waals surface area contributed by atoms with Crippen molar-refractivity contribution in [3.05, 3.63) is 95.8 Å². The average molecular weight is 590 g/mol. The summed E-state index contributed by atoms with van der Waals surface area (Å²) in [5.74, 6) is -0.324. The molecule has 6 rings (SSSR count). The van der Waals surface area contributed by atoms with Gasteiger partial charge in [-0.2, -0.15) is 5.26 Å². The van der Waals surface area contributed by atoms with Crippen LogP contribution in [0.4, 0.5) is 5.69 Å². The van der Waals surface area contributed by atoms with Gasteiger partial charge in [0.25, 0.3) is 5.91 Å². The molecule has 0 bridgehead atoms. The first-order valence-electron chi connectivity index (χ1n) is 14.2. The van der Waals surface area contributed by atoms with Crippen LogP contribution in [0.25, 0.3) is 32.2 Å². The molecule has 0 unspecified atom stereocenters. The van der Waals surface area contributed by atoms with Crippen molar-refractivity contribution in [2.75, 3.05) is 51.8 Å². The Labute approximate surface area is 254 Å². The van der Waals surface area contributed by atoms with Gasteiger partial charge in [0.2, 0.25) is 0 Å². The predicted molar refractivity (Wildman–Crippen MR) is 169 cm³/mol. The van der Waals surface area contributed by atoms with Gasteiger partial charge in [-0.25, -0.2) is 15.0 Å². The molecule has 1 aliphatic rings. The van der Waals surface area contributed by atoms with Gasteiger partial charge in [0, 0.05) is 63.7 Å². The van der Waals surface area contributed by atoms with Gasteiger partial charge in [-0.3, -0.25) is 14.6 Å². The number of anilines is 1. The van der Waals surface area contributed by atoms with E-state index < -0.39 is 0 Å². The fourth-order valence-corrected chi connectivity index (χ4v) is 6.08. The quantitative estimate of drug-likeness (QED) is 0.247. The maximum Gasteiger partial charge on any atom is 0.274 e. The van der Waals surface area contributed by atoms with Crippen molar-refractivity contribution < 1.29 is 9.53 Å². The van der Waals surface area contributed by atoms with E-state index in [1.165, 1.54) is 11.3 Å². The molecule has 9 nitrogen and oxygen atoms in total. The summed E-state index contributed by atoms with van der Waals surface area (Å²) in [4.78, 5) is 33.3. The second-order valence-corrected chi connectivity index (χ2v) is 11.4. The first-order chi connectivity index (χ1) is 21.1. The van der Waals surface area contributed by atoms with Crippen molar-refractivity contribution in [1.29, 1.82) is 5.26 Å². The summed E-state index contributed by atoms with van der Waals surface area (Å²) < 4.78 is 5.21. The van der Waals surface area contributed by atoms with E-state index in [1.54, 1.807) is 37.4 Å². The number of nitrogens with zero attached hydrogens (tertiary/aromatic N) is 6. The van der Waals surface area contributed by atoms with Crippen molar-refractivity contribution in [2.24, 2.45) is 0 Å². The first kappa shape index (κ1) is 28.6. The highest BCUT2D eigenvalue weighted by atomic mass is 32.1. The molecule has 1 N–H and O–H groups in total. The van der Waals surface area contributed by atoms with E-state index in [0.29, 0.717) is 16.9 Å². The van der Waals surface area contributed by atoms with E-state index in [4.69, 9.17) is 14.7 Å². The number of nitrogens with one attached hydrogen (secondary N) is 1. The zero-order valence-electron chi connectivity index (χ0n) is 23.9. The van der Waals surface area contributed by atoms with Crippen LogP contribution in [0.15, 0.2) is 79.0 Å². The number of methoxy groups -OCH3 is 1.